The molecule has 0 saturated heterocycles. The SMILES string of the molecule is C=CC(=O)Nc1ccc(C)c(N(C=C)c2cccc(OC)c2)c1. The number of nitrogens with one attached hydrogen (secondary N) is 1. The van der Waals surface area contributed by atoms with Crippen molar-refractivity contribution in [3.8, 4) is 5.75 Å². The number of methoxy groups -OCH3 is 1. The molecule has 0 fully saturated rings. The van der Waals surface area contributed by atoms with Gasteiger partial charge >= 0.3 is 0 Å². The zero-order chi connectivity index (χ0) is 16.8. The Morgan fingerprint density at radius 3 is 2.65 bits per heavy atom. The molecule has 0 spiro atoms. The van der Waals surface area contributed by atoms with Crippen molar-refractivity contribution in [3.63, 3.8) is 0 Å². The first-order valence-electron chi connectivity index (χ1n) is 7.19. The summed E-state index contributed by atoms with van der Waals surface area (Å²) in [7, 11) is 1.63. The Bertz CT molecular complexity index is 738. The number of amides is 1. The highest BCUT2D eigenvalue weighted by Crippen LogP contribution is 2.32. The summed E-state index contributed by atoms with van der Waals surface area (Å²) >= 11 is 0. The molecule has 2 aromatic carbocycles. The molecule has 0 radical (unpaired) electrons. The summed E-state index contributed by atoms with van der Waals surface area (Å²) in [6, 6.07) is 13.4. The van der Waals surface area contributed by atoms with E-state index < -0.39 is 0 Å². The molecular formula is C19H20N2O2. The van der Waals surface area contributed by atoms with Crippen LogP contribution in [0.2, 0.25) is 0 Å². The highest BCUT2D eigenvalue weighted by Gasteiger charge is 2.11. The molecule has 1 N–H and O–H groups in total. The van der Waals surface area contributed by atoms with E-state index in [2.05, 4.69) is 18.5 Å². The lowest BCUT2D eigenvalue weighted by atomic mass is 10.1. The summed E-state index contributed by atoms with van der Waals surface area (Å²) in [6.07, 6.45) is 2.98. The van der Waals surface area contributed by atoms with Crippen molar-refractivity contribution in [3.05, 3.63) is 73.5 Å². The van der Waals surface area contributed by atoms with Gasteiger partial charge in [-0.1, -0.05) is 25.3 Å². The van der Waals surface area contributed by atoms with Gasteiger partial charge in [0.25, 0.3) is 0 Å². The molecule has 0 aliphatic rings. The largest absolute Gasteiger partial charge is 0.497 e. The van der Waals surface area contributed by atoms with Crippen LogP contribution in [-0.4, -0.2) is 13.0 Å². The number of aryl methyl sites for hydroxylation is 1. The number of anilines is 3. The maximum Gasteiger partial charge on any atom is 0.247 e. The lowest BCUT2D eigenvalue weighted by molar-refractivity contribution is -0.111. The summed E-state index contributed by atoms with van der Waals surface area (Å²) in [5.74, 6) is 0.523. The van der Waals surface area contributed by atoms with E-state index in [9.17, 15) is 4.79 Å². The van der Waals surface area contributed by atoms with Gasteiger partial charge in [0.2, 0.25) is 5.91 Å². The second-order valence-corrected chi connectivity index (χ2v) is 4.95. The van der Waals surface area contributed by atoms with E-state index in [1.165, 1.54) is 6.08 Å². The molecule has 4 nitrogen and oxygen atoms in total. The van der Waals surface area contributed by atoms with Crippen LogP contribution in [0.15, 0.2) is 67.9 Å². The van der Waals surface area contributed by atoms with E-state index in [1.54, 1.807) is 13.3 Å². The van der Waals surface area contributed by atoms with Gasteiger partial charge in [0, 0.05) is 23.6 Å². The molecule has 0 heterocycles. The van der Waals surface area contributed by atoms with Crippen molar-refractivity contribution >= 4 is 23.0 Å². The molecule has 118 valence electrons. The molecule has 0 bridgehead atoms. The maximum atomic E-state index is 11.5. The minimum absolute atomic E-state index is 0.244. The van der Waals surface area contributed by atoms with Gasteiger partial charge in [-0.05, 0) is 42.8 Å². The van der Waals surface area contributed by atoms with Gasteiger partial charge in [-0.25, -0.2) is 0 Å². The number of rotatable bonds is 6. The molecule has 2 rings (SSSR count). The fourth-order valence-electron chi connectivity index (χ4n) is 2.24. The van der Waals surface area contributed by atoms with E-state index >= 15 is 0 Å². The van der Waals surface area contributed by atoms with Gasteiger partial charge in [0.15, 0.2) is 0 Å². The standard InChI is InChI=1S/C19H20N2O2/c1-5-19(22)20-15-11-10-14(3)18(12-15)21(6-2)16-8-7-9-17(13-16)23-4/h5-13H,1-2H2,3-4H3,(H,20,22). The Kier molecular flexibility index (Phi) is 5.20. The average Bonchev–Trinajstić information content (AvgIpc) is 2.58. The number of carbonyl (C=O) groups is 1. The maximum absolute atomic E-state index is 11.5. The summed E-state index contributed by atoms with van der Waals surface area (Å²) in [6.45, 7) is 9.37. The minimum Gasteiger partial charge on any atom is -0.497 e. The van der Waals surface area contributed by atoms with Crippen LogP contribution in [0.4, 0.5) is 17.1 Å². The van der Waals surface area contributed by atoms with Crippen LogP contribution < -0.4 is 15.0 Å². The predicted octanol–water partition coefficient (Wildman–Crippen LogP) is 4.41. The van der Waals surface area contributed by atoms with Crippen LogP contribution >= 0.6 is 0 Å². The fourth-order valence-corrected chi connectivity index (χ4v) is 2.24. The fraction of sp³-hybridized carbons (Fsp3) is 0.105. The van der Waals surface area contributed by atoms with Gasteiger partial charge < -0.3 is 15.0 Å². The Morgan fingerprint density at radius 2 is 2.00 bits per heavy atom. The van der Waals surface area contributed by atoms with Crippen molar-refractivity contribution in [1.82, 2.24) is 0 Å². The van der Waals surface area contributed by atoms with Gasteiger partial charge in [-0.2, -0.15) is 0 Å². The molecule has 1 amide bonds. The third-order valence-electron chi connectivity index (χ3n) is 3.44. The molecule has 0 unspecified atom stereocenters. The molecule has 0 aliphatic carbocycles. The van der Waals surface area contributed by atoms with E-state index in [4.69, 9.17) is 4.74 Å². The van der Waals surface area contributed by atoms with Gasteiger partial charge in [-0.15, -0.1) is 0 Å². The molecule has 0 saturated carbocycles. The molecule has 0 aliphatic heterocycles. The second-order valence-electron chi connectivity index (χ2n) is 4.95. The van der Waals surface area contributed by atoms with Crippen molar-refractivity contribution in [2.75, 3.05) is 17.3 Å². The first kappa shape index (κ1) is 16.4. The van der Waals surface area contributed by atoms with Gasteiger partial charge in [-0.3, -0.25) is 4.79 Å². The molecule has 23 heavy (non-hydrogen) atoms. The number of hydrogen-bond donors (Lipinski definition) is 1. The Balaban J connectivity index is 2.43. The molecular weight excluding hydrogens is 288 g/mol. The van der Waals surface area contributed by atoms with E-state index in [0.29, 0.717) is 5.69 Å². The van der Waals surface area contributed by atoms with E-state index in [1.807, 2.05) is 54.3 Å². The number of hydrogen-bond acceptors (Lipinski definition) is 3. The number of benzene rings is 2. The summed E-state index contributed by atoms with van der Waals surface area (Å²) in [5.41, 5.74) is 3.61. The normalized spacial score (nSPS) is 9.83. The van der Waals surface area contributed by atoms with Crippen molar-refractivity contribution in [1.29, 1.82) is 0 Å². The summed E-state index contributed by atoms with van der Waals surface area (Å²) in [4.78, 5) is 13.4. The molecule has 0 aromatic heterocycles. The van der Waals surface area contributed by atoms with Crippen LogP contribution in [0.25, 0.3) is 0 Å². The first-order valence-corrected chi connectivity index (χ1v) is 7.19. The lowest BCUT2D eigenvalue weighted by Gasteiger charge is -2.23. The van der Waals surface area contributed by atoms with Crippen LogP contribution in [0, 0.1) is 6.92 Å². The Hall–Kier alpha value is -3.01. The smallest absolute Gasteiger partial charge is 0.247 e. The van der Waals surface area contributed by atoms with Crippen molar-refractivity contribution in [2.45, 2.75) is 6.92 Å². The number of carbonyl (C=O) groups excluding carboxylic acids is 1. The zero-order valence-corrected chi connectivity index (χ0v) is 13.4. The zero-order valence-electron chi connectivity index (χ0n) is 13.4. The van der Waals surface area contributed by atoms with Crippen LogP contribution in [0.5, 0.6) is 5.75 Å². The highest BCUT2D eigenvalue weighted by molar-refractivity contribution is 5.99. The quantitative estimate of drug-likeness (QED) is 0.804. The number of ether oxygens (including phenoxy) is 1. The summed E-state index contributed by atoms with van der Waals surface area (Å²) < 4.78 is 5.28. The second kappa shape index (κ2) is 7.31. The highest BCUT2D eigenvalue weighted by atomic mass is 16.5. The third-order valence-corrected chi connectivity index (χ3v) is 3.44. The first-order chi connectivity index (χ1) is 11.1. The molecule has 4 heteroatoms. The third kappa shape index (κ3) is 3.80. The topological polar surface area (TPSA) is 41.6 Å². The Labute approximate surface area is 136 Å². The Morgan fingerprint density at radius 1 is 1.22 bits per heavy atom. The molecule has 2 aromatic rings. The van der Waals surface area contributed by atoms with Crippen LogP contribution in [0.3, 0.4) is 0 Å². The lowest BCUT2D eigenvalue weighted by Crippen LogP contribution is -2.12. The molecule has 0 atom stereocenters. The van der Waals surface area contributed by atoms with Crippen molar-refractivity contribution in [2.24, 2.45) is 0 Å². The minimum atomic E-state index is -0.244. The van der Waals surface area contributed by atoms with Crippen LogP contribution in [0.1, 0.15) is 5.56 Å². The van der Waals surface area contributed by atoms with Gasteiger partial charge in [0.1, 0.15) is 5.75 Å². The average molecular weight is 308 g/mol. The number of nitrogens with zero attached hydrogens (tertiary/aromatic N) is 1. The van der Waals surface area contributed by atoms with Crippen molar-refractivity contribution < 1.29 is 9.53 Å². The predicted molar refractivity (Wildman–Crippen MR) is 95.3 cm³/mol. The van der Waals surface area contributed by atoms with E-state index in [0.717, 1.165) is 22.7 Å². The summed E-state index contributed by atoms with van der Waals surface area (Å²) in [5, 5.41) is 2.77. The van der Waals surface area contributed by atoms with Gasteiger partial charge in [0.05, 0.1) is 12.8 Å². The monoisotopic (exact) mass is 308 g/mol. The van der Waals surface area contributed by atoms with E-state index in [-0.39, 0.29) is 5.91 Å². The van der Waals surface area contributed by atoms with Crippen LogP contribution in [-0.2, 0) is 4.79 Å².